The number of benzene rings is 2. The van der Waals surface area contributed by atoms with E-state index in [2.05, 4.69) is 15.6 Å². The third-order valence-corrected chi connectivity index (χ3v) is 7.02. The van der Waals surface area contributed by atoms with Crippen molar-refractivity contribution < 1.29 is 23.2 Å². The maximum atomic E-state index is 13.3. The molecule has 7 nitrogen and oxygen atoms in total. The molecule has 3 aromatic rings. The summed E-state index contributed by atoms with van der Waals surface area (Å²) in [7, 11) is 0. The monoisotopic (exact) mass is 556 g/mol. The Morgan fingerprint density at radius 2 is 1.74 bits per heavy atom. The lowest BCUT2D eigenvalue weighted by Crippen LogP contribution is -2.44. The number of aryl methyl sites for hydroxylation is 1. The first-order valence-corrected chi connectivity index (χ1v) is 13.9. The third kappa shape index (κ3) is 9.55. The van der Waals surface area contributed by atoms with Gasteiger partial charge in [-0.1, -0.05) is 43.7 Å². The van der Waals surface area contributed by atoms with Crippen LogP contribution < -0.4 is 10.6 Å². The highest BCUT2D eigenvalue weighted by Gasteiger charge is 2.22. The highest BCUT2D eigenvalue weighted by atomic mass is 32.1. The number of nitrogens with zero attached hydrogens (tertiary/aromatic N) is 2. The Bertz CT molecular complexity index is 1230. The molecule has 0 spiro atoms. The van der Waals surface area contributed by atoms with Crippen LogP contribution in [0.1, 0.15) is 49.5 Å². The van der Waals surface area contributed by atoms with Crippen LogP contribution >= 0.6 is 11.3 Å². The van der Waals surface area contributed by atoms with Crippen LogP contribution in [0.25, 0.3) is 11.3 Å². The Morgan fingerprint density at radius 3 is 2.33 bits per heavy atom. The molecule has 208 valence electrons. The summed E-state index contributed by atoms with van der Waals surface area (Å²) in [5.41, 5.74) is 1.95. The largest absolute Gasteiger partial charge is 0.345 e. The van der Waals surface area contributed by atoms with E-state index in [9.17, 15) is 23.2 Å². The van der Waals surface area contributed by atoms with E-state index in [1.54, 1.807) is 0 Å². The summed E-state index contributed by atoms with van der Waals surface area (Å²) < 4.78 is 26.7. The van der Waals surface area contributed by atoms with E-state index in [1.807, 2.05) is 49.1 Å². The van der Waals surface area contributed by atoms with Crippen LogP contribution in [0, 0.1) is 18.6 Å². The average Bonchev–Trinajstić information content (AvgIpc) is 3.28. The van der Waals surface area contributed by atoms with Crippen molar-refractivity contribution in [2.45, 2.75) is 58.4 Å². The van der Waals surface area contributed by atoms with Crippen molar-refractivity contribution in [2.24, 2.45) is 0 Å². The number of carbonyl (C=O) groups is 3. The SMILES string of the molecule is CCC[C@H](NC(=O)Cc1cc(F)cc(F)c1)C(=O)Nc1nc(-c2ccccc2)c(C)s1.O=CN1CCCCC1. The van der Waals surface area contributed by atoms with Crippen LogP contribution in [-0.4, -0.2) is 47.2 Å². The predicted molar refractivity (Wildman–Crippen MR) is 149 cm³/mol. The molecule has 2 N–H and O–H groups in total. The molecular weight excluding hydrogens is 522 g/mol. The molecule has 1 aliphatic rings. The van der Waals surface area contributed by atoms with Gasteiger partial charge < -0.3 is 15.5 Å². The molecule has 10 heteroatoms. The Kier molecular flexibility index (Phi) is 11.5. The lowest BCUT2D eigenvalue weighted by Gasteiger charge is -2.21. The summed E-state index contributed by atoms with van der Waals surface area (Å²) in [6, 6.07) is 11.8. The van der Waals surface area contributed by atoms with Gasteiger partial charge in [0.2, 0.25) is 18.2 Å². The number of halogens is 2. The minimum atomic E-state index is -0.778. The Morgan fingerprint density at radius 1 is 1.08 bits per heavy atom. The van der Waals surface area contributed by atoms with Crippen molar-refractivity contribution in [1.82, 2.24) is 15.2 Å². The summed E-state index contributed by atoms with van der Waals surface area (Å²) in [5.74, 6) is -2.37. The molecule has 39 heavy (non-hydrogen) atoms. The summed E-state index contributed by atoms with van der Waals surface area (Å²) in [6.07, 6.45) is 5.49. The maximum absolute atomic E-state index is 13.3. The van der Waals surface area contributed by atoms with E-state index < -0.39 is 23.6 Å². The lowest BCUT2D eigenvalue weighted by molar-refractivity contribution is -0.126. The van der Waals surface area contributed by atoms with Crippen LogP contribution in [0.2, 0.25) is 0 Å². The van der Waals surface area contributed by atoms with Gasteiger partial charge in [-0.15, -0.1) is 11.3 Å². The second kappa shape index (κ2) is 15.1. The number of anilines is 1. The van der Waals surface area contributed by atoms with Gasteiger partial charge in [0.1, 0.15) is 17.7 Å². The van der Waals surface area contributed by atoms with Gasteiger partial charge in [0, 0.05) is 29.6 Å². The lowest BCUT2D eigenvalue weighted by atomic mass is 10.1. The molecule has 1 aliphatic heterocycles. The van der Waals surface area contributed by atoms with Crippen LogP contribution in [0.4, 0.5) is 13.9 Å². The molecule has 4 rings (SSSR count). The Labute approximate surface area is 231 Å². The number of thiazole rings is 1. The van der Waals surface area contributed by atoms with E-state index in [-0.39, 0.29) is 17.9 Å². The minimum absolute atomic E-state index is 0.203. The summed E-state index contributed by atoms with van der Waals surface area (Å²) in [4.78, 5) is 42.6. The Balaban J connectivity index is 0.000000449. The third-order valence-electron chi connectivity index (χ3n) is 6.13. The second-order valence-electron chi connectivity index (χ2n) is 9.34. The normalized spacial score (nSPS) is 13.6. The van der Waals surface area contributed by atoms with E-state index in [0.717, 1.165) is 53.8 Å². The van der Waals surface area contributed by atoms with Gasteiger partial charge in [-0.25, -0.2) is 13.8 Å². The number of hydrogen-bond donors (Lipinski definition) is 2. The zero-order chi connectivity index (χ0) is 28.2. The zero-order valence-electron chi connectivity index (χ0n) is 22.2. The maximum Gasteiger partial charge on any atom is 0.248 e. The zero-order valence-corrected chi connectivity index (χ0v) is 23.0. The van der Waals surface area contributed by atoms with Gasteiger partial charge in [-0.3, -0.25) is 14.4 Å². The number of rotatable bonds is 9. The van der Waals surface area contributed by atoms with Crippen molar-refractivity contribution >= 4 is 34.7 Å². The van der Waals surface area contributed by atoms with Gasteiger partial charge in [0.05, 0.1) is 12.1 Å². The van der Waals surface area contributed by atoms with Crippen LogP contribution in [0.3, 0.4) is 0 Å². The number of likely N-dealkylation sites (tertiary alicyclic amines) is 1. The smallest absolute Gasteiger partial charge is 0.248 e. The number of piperidine rings is 1. The molecule has 0 saturated carbocycles. The van der Waals surface area contributed by atoms with Crippen molar-refractivity contribution in [3.63, 3.8) is 0 Å². The van der Waals surface area contributed by atoms with Gasteiger partial charge in [-0.2, -0.15) is 0 Å². The molecule has 2 aromatic carbocycles. The number of aromatic nitrogens is 1. The molecule has 1 saturated heterocycles. The number of carbonyl (C=O) groups excluding carboxylic acids is 3. The van der Waals surface area contributed by atoms with E-state index >= 15 is 0 Å². The van der Waals surface area contributed by atoms with Gasteiger partial charge in [0.15, 0.2) is 5.13 Å². The molecule has 2 heterocycles. The first-order valence-electron chi connectivity index (χ1n) is 13.1. The number of nitrogens with one attached hydrogen (secondary N) is 2. The highest BCUT2D eigenvalue weighted by molar-refractivity contribution is 7.16. The molecular formula is C29H34F2N4O3S. The molecule has 1 fully saturated rings. The summed E-state index contributed by atoms with van der Waals surface area (Å²) in [6.45, 7) is 5.78. The highest BCUT2D eigenvalue weighted by Crippen LogP contribution is 2.30. The molecule has 1 aromatic heterocycles. The minimum Gasteiger partial charge on any atom is -0.345 e. The fourth-order valence-corrected chi connectivity index (χ4v) is 5.07. The summed E-state index contributed by atoms with van der Waals surface area (Å²) in [5, 5.41) is 5.89. The van der Waals surface area contributed by atoms with Crippen molar-refractivity contribution in [3.8, 4) is 11.3 Å². The molecule has 0 aliphatic carbocycles. The van der Waals surface area contributed by atoms with Crippen LogP contribution in [0.15, 0.2) is 48.5 Å². The van der Waals surface area contributed by atoms with Crippen LogP contribution in [-0.2, 0) is 20.8 Å². The molecule has 3 amide bonds. The van der Waals surface area contributed by atoms with Crippen LogP contribution in [0.5, 0.6) is 0 Å². The first-order chi connectivity index (χ1) is 18.8. The fraction of sp³-hybridized carbons (Fsp3) is 0.379. The summed E-state index contributed by atoms with van der Waals surface area (Å²) >= 11 is 1.36. The second-order valence-corrected chi connectivity index (χ2v) is 10.5. The van der Waals surface area contributed by atoms with E-state index in [1.165, 1.54) is 30.6 Å². The van der Waals surface area contributed by atoms with Crippen molar-refractivity contribution in [3.05, 3.63) is 70.6 Å². The van der Waals surface area contributed by atoms with Crippen molar-refractivity contribution in [2.75, 3.05) is 18.4 Å². The molecule has 1 atom stereocenters. The van der Waals surface area contributed by atoms with Crippen molar-refractivity contribution in [1.29, 1.82) is 0 Å². The van der Waals surface area contributed by atoms with Gasteiger partial charge >= 0.3 is 0 Å². The average molecular weight is 557 g/mol. The first kappa shape index (κ1) is 29.9. The molecule has 0 unspecified atom stereocenters. The van der Waals surface area contributed by atoms with Gasteiger partial charge in [0.25, 0.3) is 0 Å². The molecule has 0 bridgehead atoms. The topological polar surface area (TPSA) is 91.4 Å². The number of hydrogen-bond acceptors (Lipinski definition) is 5. The predicted octanol–water partition coefficient (Wildman–Crippen LogP) is 5.49. The standard InChI is InChI=1S/C23H23F2N3O2S.C6H11NO/c1-3-7-19(26-20(29)12-15-10-17(24)13-18(25)11-15)22(30)28-23-27-21(14(2)31-23)16-8-5-4-6-9-16;8-6-7-4-2-1-3-5-7/h4-6,8-11,13,19H,3,7,12H2,1-2H3,(H,26,29)(H,27,28,30);6H,1-5H2/t19-;/m0./s1. The van der Waals surface area contributed by atoms with E-state index in [4.69, 9.17) is 0 Å². The Hall–Kier alpha value is -3.66. The van der Waals surface area contributed by atoms with E-state index in [0.29, 0.717) is 18.0 Å². The van der Waals surface area contributed by atoms with Gasteiger partial charge in [-0.05, 0) is 50.3 Å². The quantitative estimate of drug-likeness (QED) is 0.341. The fourth-order valence-electron chi connectivity index (χ4n) is 4.23. The molecule has 0 radical (unpaired) electrons. The number of amides is 3.